The van der Waals surface area contributed by atoms with Gasteiger partial charge in [0.05, 0.1) is 5.56 Å². The summed E-state index contributed by atoms with van der Waals surface area (Å²) in [6.07, 6.45) is 1.34. The van der Waals surface area contributed by atoms with E-state index in [4.69, 9.17) is 10.8 Å². The number of nitrogens with two attached hydrogens (primary N) is 1. The van der Waals surface area contributed by atoms with Gasteiger partial charge in [0.15, 0.2) is 0 Å². The maximum Gasteiger partial charge on any atom is 0.323 e. The van der Waals surface area contributed by atoms with Gasteiger partial charge >= 0.3 is 5.97 Å². The third kappa shape index (κ3) is 3.44. The third-order valence-corrected chi connectivity index (χ3v) is 2.26. The second kappa shape index (κ2) is 5.29. The van der Waals surface area contributed by atoms with Crippen LogP contribution >= 0.6 is 0 Å². The summed E-state index contributed by atoms with van der Waals surface area (Å²) < 4.78 is 0. The smallest absolute Gasteiger partial charge is 0.323 e. The van der Waals surface area contributed by atoms with Gasteiger partial charge in [-0.15, -0.1) is 0 Å². The Balaban J connectivity index is 2.95. The maximum atomic E-state index is 10.9. The number of aromatic nitrogens is 1. The number of aliphatic carboxylic acids is 1. The van der Waals surface area contributed by atoms with Crippen molar-refractivity contribution in [1.29, 1.82) is 0 Å². The van der Waals surface area contributed by atoms with E-state index in [9.17, 15) is 9.59 Å². The summed E-state index contributed by atoms with van der Waals surface area (Å²) in [7, 11) is 0. The summed E-state index contributed by atoms with van der Waals surface area (Å²) in [5.41, 5.74) is 5.39. The van der Waals surface area contributed by atoms with Crippen LogP contribution in [0.4, 0.5) is 5.82 Å². The Morgan fingerprint density at radius 1 is 1.47 bits per heavy atom. The second-order valence-electron chi connectivity index (χ2n) is 3.88. The highest BCUT2D eigenvalue weighted by Crippen LogP contribution is 2.14. The van der Waals surface area contributed by atoms with Crippen LogP contribution < -0.4 is 10.6 Å². The van der Waals surface area contributed by atoms with Crippen molar-refractivity contribution >= 4 is 17.7 Å². The Morgan fingerprint density at radius 3 is 2.47 bits per heavy atom. The van der Waals surface area contributed by atoms with Crippen molar-refractivity contribution in [3.05, 3.63) is 23.9 Å². The Hall–Kier alpha value is -2.11. The lowest BCUT2D eigenvalue weighted by atomic mass is 10.2. The fourth-order valence-electron chi connectivity index (χ4n) is 1.38. The second-order valence-corrected chi connectivity index (χ2v) is 3.88. The van der Waals surface area contributed by atoms with Crippen LogP contribution in [0.2, 0.25) is 0 Å². The van der Waals surface area contributed by atoms with Gasteiger partial charge in [-0.05, 0) is 26.0 Å². The number of nitrogens with zero attached hydrogens (tertiary/aromatic N) is 2. The topological polar surface area (TPSA) is 96.5 Å². The minimum atomic E-state index is -0.931. The van der Waals surface area contributed by atoms with E-state index in [1.165, 1.54) is 12.3 Å². The number of primary amides is 1. The Morgan fingerprint density at radius 2 is 2.12 bits per heavy atom. The Bertz CT molecular complexity index is 414. The highest BCUT2D eigenvalue weighted by molar-refractivity contribution is 5.92. The normalized spacial score (nSPS) is 10.3. The lowest BCUT2D eigenvalue weighted by Crippen LogP contribution is -2.36. The van der Waals surface area contributed by atoms with E-state index in [0.717, 1.165) is 0 Å². The molecule has 0 aromatic carbocycles. The van der Waals surface area contributed by atoms with Crippen molar-refractivity contribution < 1.29 is 14.7 Å². The molecule has 0 saturated heterocycles. The molecular weight excluding hydrogens is 222 g/mol. The largest absolute Gasteiger partial charge is 0.480 e. The molecule has 0 fully saturated rings. The van der Waals surface area contributed by atoms with E-state index in [1.54, 1.807) is 11.0 Å². The predicted molar refractivity (Wildman–Crippen MR) is 62.9 cm³/mol. The summed E-state index contributed by atoms with van der Waals surface area (Å²) in [4.78, 5) is 27.2. The van der Waals surface area contributed by atoms with E-state index >= 15 is 0 Å². The van der Waals surface area contributed by atoms with Crippen molar-refractivity contribution in [3.8, 4) is 0 Å². The van der Waals surface area contributed by atoms with Gasteiger partial charge in [-0.3, -0.25) is 9.59 Å². The third-order valence-electron chi connectivity index (χ3n) is 2.26. The first-order valence-corrected chi connectivity index (χ1v) is 5.16. The molecule has 6 nitrogen and oxygen atoms in total. The SMILES string of the molecule is CC(C)N(CC(=O)O)c1ccc(C(N)=O)cn1. The minimum Gasteiger partial charge on any atom is -0.480 e. The Kier molecular flexibility index (Phi) is 4.03. The fourth-order valence-corrected chi connectivity index (χ4v) is 1.38. The minimum absolute atomic E-state index is 0.00183. The van der Waals surface area contributed by atoms with Crippen LogP contribution in [0.25, 0.3) is 0 Å². The van der Waals surface area contributed by atoms with Crippen LogP contribution in [-0.2, 0) is 4.79 Å². The highest BCUT2D eigenvalue weighted by Gasteiger charge is 2.15. The van der Waals surface area contributed by atoms with Gasteiger partial charge in [-0.2, -0.15) is 0 Å². The molecule has 1 aromatic rings. The molecule has 0 bridgehead atoms. The van der Waals surface area contributed by atoms with Crippen molar-refractivity contribution in [2.75, 3.05) is 11.4 Å². The molecule has 0 saturated carbocycles. The molecule has 0 radical (unpaired) electrons. The molecule has 0 aliphatic carbocycles. The van der Waals surface area contributed by atoms with Gasteiger partial charge in [0.1, 0.15) is 12.4 Å². The number of carboxylic acids is 1. The van der Waals surface area contributed by atoms with E-state index in [-0.39, 0.29) is 12.6 Å². The average Bonchev–Trinajstić information content (AvgIpc) is 2.25. The summed E-state index contributed by atoms with van der Waals surface area (Å²) in [6, 6.07) is 3.11. The van der Waals surface area contributed by atoms with E-state index in [1.807, 2.05) is 13.8 Å². The zero-order valence-electron chi connectivity index (χ0n) is 9.75. The average molecular weight is 237 g/mol. The van der Waals surface area contributed by atoms with Crippen LogP contribution in [0.5, 0.6) is 0 Å². The molecule has 92 valence electrons. The van der Waals surface area contributed by atoms with Gasteiger partial charge in [0.2, 0.25) is 5.91 Å². The molecule has 0 aliphatic rings. The molecule has 17 heavy (non-hydrogen) atoms. The number of carbonyl (C=O) groups is 2. The predicted octanol–water partition coefficient (Wildman–Crippen LogP) is 0.480. The van der Waals surface area contributed by atoms with Gasteiger partial charge in [-0.25, -0.2) is 4.98 Å². The molecule has 0 aliphatic heterocycles. The summed E-state index contributed by atoms with van der Waals surface area (Å²) >= 11 is 0. The highest BCUT2D eigenvalue weighted by atomic mass is 16.4. The maximum absolute atomic E-state index is 10.9. The quantitative estimate of drug-likeness (QED) is 0.776. The Labute approximate surface area is 99.1 Å². The molecule has 6 heteroatoms. The molecule has 0 spiro atoms. The monoisotopic (exact) mass is 237 g/mol. The first kappa shape index (κ1) is 13.0. The molecule has 1 rings (SSSR count). The van der Waals surface area contributed by atoms with Crippen LogP contribution in [0.15, 0.2) is 18.3 Å². The number of anilines is 1. The summed E-state index contributed by atoms with van der Waals surface area (Å²) in [6.45, 7) is 3.60. The molecule has 0 atom stereocenters. The van der Waals surface area contributed by atoms with Crippen molar-refractivity contribution in [2.45, 2.75) is 19.9 Å². The van der Waals surface area contributed by atoms with Crippen LogP contribution in [-0.4, -0.2) is 34.6 Å². The molecular formula is C11H15N3O3. The van der Waals surface area contributed by atoms with Crippen LogP contribution in [0.1, 0.15) is 24.2 Å². The van der Waals surface area contributed by atoms with Crippen molar-refractivity contribution in [2.24, 2.45) is 5.73 Å². The number of carbonyl (C=O) groups excluding carboxylic acids is 1. The molecule has 1 amide bonds. The lowest BCUT2D eigenvalue weighted by Gasteiger charge is -2.25. The number of rotatable bonds is 5. The van der Waals surface area contributed by atoms with E-state index < -0.39 is 11.9 Å². The lowest BCUT2D eigenvalue weighted by molar-refractivity contribution is -0.135. The number of amides is 1. The van der Waals surface area contributed by atoms with E-state index in [2.05, 4.69) is 4.98 Å². The molecule has 0 unspecified atom stereocenters. The first-order chi connectivity index (χ1) is 7.91. The van der Waals surface area contributed by atoms with Crippen LogP contribution in [0.3, 0.4) is 0 Å². The van der Waals surface area contributed by atoms with Crippen LogP contribution in [0, 0.1) is 0 Å². The summed E-state index contributed by atoms with van der Waals surface area (Å²) in [5.74, 6) is -0.981. The molecule has 3 N–H and O–H groups in total. The fraction of sp³-hybridized carbons (Fsp3) is 0.364. The first-order valence-electron chi connectivity index (χ1n) is 5.16. The van der Waals surface area contributed by atoms with Gasteiger partial charge in [0, 0.05) is 12.2 Å². The van der Waals surface area contributed by atoms with Gasteiger partial charge in [-0.1, -0.05) is 0 Å². The summed E-state index contributed by atoms with van der Waals surface area (Å²) in [5, 5.41) is 8.79. The van der Waals surface area contributed by atoms with Crippen molar-refractivity contribution in [1.82, 2.24) is 4.98 Å². The van der Waals surface area contributed by atoms with Gasteiger partial charge in [0.25, 0.3) is 0 Å². The zero-order chi connectivity index (χ0) is 13.0. The van der Waals surface area contributed by atoms with Crippen molar-refractivity contribution in [3.63, 3.8) is 0 Å². The number of pyridine rings is 1. The molecule has 1 heterocycles. The number of carboxylic acid groups (broad SMARTS) is 1. The molecule has 1 aromatic heterocycles. The van der Waals surface area contributed by atoms with E-state index in [0.29, 0.717) is 11.4 Å². The number of hydrogen-bond acceptors (Lipinski definition) is 4. The number of hydrogen-bond donors (Lipinski definition) is 2. The van der Waals surface area contributed by atoms with Gasteiger partial charge < -0.3 is 15.7 Å². The zero-order valence-corrected chi connectivity index (χ0v) is 9.75. The standard InChI is InChI=1S/C11H15N3O3/c1-7(2)14(6-10(15)16)9-4-3-8(5-13-9)11(12)17/h3-5,7H,6H2,1-2H3,(H2,12,17)(H,15,16).